The number of rotatable bonds is 2. The van der Waals surface area contributed by atoms with E-state index in [0.29, 0.717) is 11.1 Å². The van der Waals surface area contributed by atoms with Gasteiger partial charge in [-0.1, -0.05) is 12.1 Å². The molecular weight excluding hydrogens is 295 g/mol. The Morgan fingerprint density at radius 3 is 2.78 bits per heavy atom. The Bertz CT molecular complexity index is 838. The van der Waals surface area contributed by atoms with Crippen molar-refractivity contribution in [3.63, 3.8) is 0 Å². The van der Waals surface area contributed by atoms with E-state index < -0.39 is 11.7 Å². The Balaban J connectivity index is 2.07. The molecule has 0 fully saturated rings. The summed E-state index contributed by atoms with van der Waals surface area (Å²) in [6.45, 7) is 0. The molecule has 0 unspecified atom stereocenters. The van der Waals surface area contributed by atoms with Crippen LogP contribution in [0.1, 0.15) is 33.5 Å². The van der Waals surface area contributed by atoms with Crippen molar-refractivity contribution in [3.8, 4) is 0 Å². The van der Waals surface area contributed by atoms with Gasteiger partial charge in [0.15, 0.2) is 5.96 Å². The second-order valence-corrected chi connectivity index (χ2v) is 5.26. The van der Waals surface area contributed by atoms with Gasteiger partial charge in [-0.2, -0.15) is 4.99 Å². The van der Waals surface area contributed by atoms with E-state index in [2.05, 4.69) is 9.98 Å². The Kier molecular flexibility index (Phi) is 3.89. The minimum Gasteiger partial charge on any atom is -0.370 e. The Labute approximate surface area is 132 Å². The van der Waals surface area contributed by atoms with Crippen LogP contribution in [0.3, 0.4) is 0 Å². The van der Waals surface area contributed by atoms with E-state index in [1.54, 1.807) is 18.3 Å². The number of pyridine rings is 1. The third-order valence-corrected chi connectivity index (χ3v) is 3.66. The lowest BCUT2D eigenvalue weighted by atomic mass is 9.86. The summed E-state index contributed by atoms with van der Waals surface area (Å²) in [7, 11) is 0. The normalized spacial score (nSPS) is 13.0. The summed E-state index contributed by atoms with van der Waals surface area (Å²) >= 11 is 0. The summed E-state index contributed by atoms with van der Waals surface area (Å²) in [6, 6.07) is 6.74. The molecule has 0 atom stereocenters. The van der Waals surface area contributed by atoms with Gasteiger partial charge in [0.1, 0.15) is 5.82 Å². The summed E-state index contributed by atoms with van der Waals surface area (Å²) in [5, 5.41) is 0. The number of carbonyl (C=O) groups is 1. The second-order valence-electron chi connectivity index (χ2n) is 5.26. The standard InChI is InChI=1S/C17H15FN4O/c18-13-6-12(8-21-9-13)14-3-1-2-10-4-5-11(7-15(10)14)16(23)22-17(19)20/h3-9H,1-2H2,(H4,19,20,22,23). The van der Waals surface area contributed by atoms with Crippen molar-refractivity contribution < 1.29 is 9.18 Å². The highest BCUT2D eigenvalue weighted by atomic mass is 19.1. The van der Waals surface area contributed by atoms with Gasteiger partial charge in [0.25, 0.3) is 5.91 Å². The van der Waals surface area contributed by atoms with Gasteiger partial charge in [-0.25, -0.2) is 4.39 Å². The number of nitrogens with zero attached hydrogens (tertiary/aromatic N) is 2. The average Bonchev–Trinajstić information content (AvgIpc) is 2.53. The molecule has 1 amide bonds. The van der Waals surface area contributed by atoms with Crippen LogP contribution in [0.5, 0.6) is 0 Å². The van der Waals surface area contributed by atoms with Gasteiger partial charge in [0.2, 0.25) is 0 Å². The molecule has 0 spiro atoms. The zero-order chi connectivity index (χ0) is 16.4. The third kappa shape index (κ3) is 3.11. The van der Waals surface area contributed by atoms with Crippen LogP contribution in [-0.4, -0.2) is 16.9 Å². The van der Waals surface area contributed by atoms with E-state index in [9.17, 15) is 9.18 Å². The smallest absolute Gasteiger partial charge is 0.280 e. The molecule has 1 aromatic carbocycles. The molecule has 1 aliphatic rings. The molecule has 6 heteroatoms. The first-order chi connectivity index (χ1) is 11.0. The largest absolute Gasteiger partial charge is 0.370 e. The van der Waals surface area contributed by atoms with E-state index in [1.165, 1.54) is 6.07 Å². The Morgan fingerprint density at radius 2 is 2.04 bits per heavy atom. The molecule has 1 aromatic heterocycles. The lowest BCUT2D eigenvalue weighted by molar-refractivity contribution is 0.100. The van der Waals surface area contributed by atoms with Gasteiger partial charge in [-0.15, -0.1) is 0 Å². The predicted octanol–water partition coefficient (Wildman–Crippen LogP) is 2.01. The van der Waals surface area contributed by atoms with Crippen LogP contribution in [0.25, 0.3) is 5.57 Å². The molecule has 1 heterocycles. The number of nitrogens with two attached hydrogens (primary N) is 2. The first kappa shape index (κ1) is 14.9. The number of hydrogen-bond acceptors (Lipinski definition) is 2. The van der Waals surface area contributed by atoms with E-state index in [4.69, 9.17) is 11.5 Å². The fourth-order valence-corrected chi connectivity index (χ4v) is 2.67. The van der Waals surface area contributed by atoms with Crippen molar-refractivity contribution >= 4 is 17.4 Å². The van der Waals surface area contributed by atoms with Crippen molar-refractivity contribution in [1.82, 2.24) is 4.98 Å². The minimum atomic E-state index is -0.505. The van der Waals surface area contributed by atoms with Crippen LogP contribution < -0.4 is 11.5 Å². The summed E-state index contributed by atoms with van der Waals surface area (Å²) in [5.41, 5.74) is 14.4. The quantitative estimate of drug-likeness (QED) is 0.655. The lowest BCUT2D eigenvalue weighted by Gasteiger charge is -2.18. The van der Waals surface area contributed by atoms with Gasteiger partial charge in [-0.05, 0) is 47.7 Å². The summed E-state index contributed by atoms with van der Waals surface area (Å²) < 4.78 is 13.5. The van der Waals surface area contributed by atoms with Crippen LogP contribution in [0, 0.1) is 5.82 Å². The number of allylic oxidation sites excluding steroid dienone is 1. The molecular formula is C17H15FN4O. The van der Waals surface area contributed by atoms with Crippen LogP contribution in [0.2, 0.25) is 0 Å². The lowest BCUT2D eigenvalue weighted by Crippen LogP contribution is -2.24. The average molecular weight is 310 g/mol. The Morgan fingerprint density at radius 1 is 1.22 bits per heavy atom. The molecule has 0 radical (unpaired) electrons. The molecule has 4 N–H and O–H groups in total. The highest BCUT2D eigenvalue weighted by Crippen LogP contribution is 2.32. The number of guanidine groups is 1. The first-order valence-corrected chi connectivity index (χ1v) is 7.13. The number of benzene rings is 1. The fraction of sp³-hybridized carbons (Fsp3) is 0.118. The number of fused-ring (bicyclic) bond motifs is 1. The molecule has 0 bridgehead atoms. The van der Waals surface area contributed by atoms with Crippen LogP contribution in [0.4, 0.5) is 4.39 Å². The first-order valence-electron chi connectivity index (χ1n) is 7.13. The number of aryl methyl sites for hydroxylation is 1. The zero-order valence-corrected chi connectivity index (χ0v) is 12.3. The van der Waals surface area contributed by atoms with Crippen molar-refractivity contribution in [2.45, 2.75) is 12.8 Å². The number of amides is 1. The van der Waals surface area contributed by atoms with E-state index in [1.807, 2.05) is 12.1 Å². The molecule has 23 heavy (non-hydrogen) atoms. The highest BCUT2D eigenvalue weighted by molar-refractivity contribution is 6.02. The zero-order valence-electron chi connectivity index (χ0n) is 12.3. The number of aromatic nitrogens is 1. The minimum absolute atomic E-state index is 0.280. The summed E-state index contributed by atoms with van der Waals surface area (Å²) in [4.78, 5) is 19.4. The number of carbonyl (C=O) groups excluding carboxylic acids is 1. The van der Waals surface area contributed by atoms with Gasteiger partial charge in [0, 0.05) is 17.3 Å². The highest BCUT2D eigenvalue weighted by Gasteiger charge is 2.17. The predicted molar refractivity (Wildman–Crippen MR) is 86.2 cm³/mol. The third-order valence-electron chi connectivity index (χ3n) is 3.66. The maximum atomic E-state index is 13.5. The molecule has 1 aliphatic carbocycles. The fourth-order valence-electron chi connectivity index (χ4n) is 2.67. The van der Waals surface area contributed by atoms with Gasteiger partial charge in [0.05, 0.1) is 6.20 Å². The van der Waals surface area contributed by atoms with Crippen LogP contribution in [-0.2, 0) is 6.42 Å². The SMILES string of the molecule is NC(N)=NC(=O)c1ccc2c(c1)C(c1cncc(F)c1)=CCC2. The van der Waals surface area contributed by atoms with Crippen molar-refractivity contribution in [2.24, 2.45) is 16.5 Å². The van der Waals surface area contributed by atoms with E-state index >= 15 is 0 Å². The molecule has 0 saturated heterocycles. The molecule has 2 aromatic rings. The number of hydrogen-bond donors (Lipinski definition) is 2. The maximum absolute atomic E-state index is 13.5. The molecule has 0 saturated carbocycles. The maximum Gasteiger partial charge on any atom is 0.280 e. The monoisotopic (exact) mass is 310 g/mol. The topological polar surface area (TPSA) is 94.4 Å². The van der Waals surface area contributed by atoms with Crippen molar-refractivity contribution in [1.29, 1.82) is 0 Å². The van der Waals surface area contributed by atoms with Crippen LogP contribution >= 0.6 is 0 Å². The van der Waals surface area contributed by atoms with Gasteiger partial charge in [-0.3, -0.25) is 9.78 Å². The molecule has 0 aliphatic heterocycles. The summed E-state index contributed by atoms with van der Waals surface area (Å²) in [6.07, 6.45) is 6.49. The second kappa shape index (κ2) is 6.00. The molecule has 5 nitrogen and oxygen atoms in total. The van der Waals surface area contributed by atoms with Crippen molar-refractivity contribution in [3.05, 3.63) is 70.8 Å². The molecule has 3 rings (SSSR count). The van der Waals surface area contributed by atoms with Gasteiger partial charge >= 0.3 is 0 Å². The van der Waals surface area contributed by atoms with Gasteiger partial charge < -0.3 is 11.5 Å². The number of aliphatic imine (C=N–C) groups is 1. The summed E-state index contributed by atoms with van der Waals surface area (Å²) in [5.74, 6) is -1.18. The Hall–Kier alpha value is -3.02. The van der Waals surface area contributed by atoms with Crippen LogP contribution in [0.15, 0.2) is 47.7 Å². The molecule has 116 valence electrons. The van der Waals surface area contributed by atoms with E-state index in [-0.39, 0.29) is 5.96 Å². The van der Waals surface area contributed by atoms with E-state index in [0.717, 1.165) is 35.7 Å². The van der Waals surface area contributed by atoms with Crippen molar-refractivity contribution in [2.75, 3.05) is 0 Å². The number of halogens is 1.